The van der Waals surface area contributed by atoms with Gasteiger partial charge in [0.25, 0.3) is 0 Å². The van der Waals surface area contributed by atoms with Crippen LogP contribution in [0.5, 0.6) is 0 Å². The normalized spacial score (nSPS) is 24.9. The maximum Gasteiger partial charge on any atom is 0.0328 e. The summed E-state index contributed by atoms with van der Waals surface area (Å²) in [7, 11) is 0. The molecule has 0 radical (unpaired) electrons. The van der Waals surface area contributed by atoms with E-state index < -0.39 is 0 Å². The number of fused-ring (bicyclic) bond motifs is 1. The summed E-state index contributed by atoms with van der Waals surface area (Å²) < 4.78 is 1.21. The number of nitrogens with one attached hydrogen (secondary N) is 1. The van der Waals surface area contributed by atoms with E-state index in [9.17, 15) is 0 Å². The molecule has 0 heterocycles. The second-order valence-corrected chi connectivity index (χ2v) is 6.00. The highest BCUT2D eigenvalue weighted by Crippen LogP contribution is 2.34. The Morgan fingerprint density at radius 1 is 1.12 bits per heavy atom. The van der Waals surface area contributed by atoms with Crippen molar-refractivity contribution in [1.82, 2.24) is 5.32 Å². The molecule has 0 saturated heterocycles. The average molecular weight is 280 g/mol. The van der Waals surface area contributed by atoms with E-state index in [0.29, 0.717) is 6.04 Å². The Hall–Kier alpha value is -0.340. The standard InChI is InChI=1S/C14H18BrN/c15-11-7-5-10-6-8-14(13(10)9-11)16-12-3-1-2-4-12/h5,7,9,12,14,16H,1-4,6,8H2. The molecule has 1 fully saturated rings. The summed E-state index contributed by atoms with van der Waals surface area (Å²) in [5, 5.41) is 3.84. The predicted octanol–water partition coefficient (Wildman–Crippen LogP) is 3.97. The van der Waals surface area contributed by atoms with Crippen LogP contribution in [0.3, 0.4) is 0 Å². The van der Waals surface area contributed by atoms with Crippen LogP contribution < -0.4 is 5.32 Å². The SMILES string of the molecule is Brc1ccc2c(c1)C(NC1CCCC1)CC2. The molecule has 3 rings (SSSR count). The minimum atomic E-state index is 0.607. The molecule has 0 aromatic heterocycles. The molecule has 0 aliphatic heterocycles. The Kier molecular flexibility index (Phi) is 3.03. The molecule has 0 amide bonds. The van der Waals surface area contributed by atoms with E-state index in [0.717, 1.165) is 6.04 Å². The first-order valence-electron chi connectivity index (χ1n) is 6.37. The molecular formula is C14H18BrN. The van der Waals surface area contributed by atoms with Gasteiger partial charge in [-0.15, -0.1) is 0 Å². The second kappa shape index (κ2) is 4.50. The van der Waals surface area contributed by atoms with Gasteiger partial charge in [0.05, 0.1) is 0 Å². The molecule has 1 saturated carbocycles. The molecule has 0 spiro atoms. The average Bonchev–Trinajstić information content (AvgIpc) is 2.90. The fourth-order valence-corrected chi connectivity index (χ4v) is 3.50. The number of halogens is 1. The van der Waals surface area contributed by atoms with Crippen LogP contribution in [0, 0.1) is 0 Å². The maximum atomic E-state index is 3.84. The van der Waals surface area contributed by atoms with E-state index in [1.807, 2.05) is 0 Å². The summed E-state index contributed by atoms with van der Waals surface area (Å²) in [6.45, 7) is 0. The summed E-state index contributed by atoms with van der Waals surface area (Å²) in [4.78, 5) is 0. The van der Waals surface area contributed by atoms with E-state index in [1.54, 1.807) is 5.56 Å². The van der Waals surface area contributed by atoms with Crippen molar-refractivity contribution in [3.63, 3.8) is 0 Å². The lowest BCUT2D eigenvalue weighted by Crippen LogP contribution is -2.29. The van der Waals surface area contributed by atoms with Crippen molar-refractivity contribution in [1.29, 1.82) is 0 Å². The van der Waals surface area contributed by atoms with Gasteiger partial charge in [-0.25, -0.2) is 0 Å². The summed E-state index contributed by atoms with van der Waals surface area (Å²) in [5.74, 6) is 0. The minimum absolute atomic E-state index is 0.607. The lowest BCUT2D eigenvalue weighted by Gasteiger charge is -2.19. The van der Waals surface area contributed by atoms with Gasteiger partial charge in [-0.2, -0.15) is 0 Å². The van der Waals surface area contributed by atoms with E-state index >= 15 is 0 Å². The Morgan fingerprint density at radius 2 is 1.94 bits per heavy atom. The van der Waals surface area contributed by atoms with E-state index in [2.05, 4.69) is 39.4 Å². The molecule has 1 aromatic carbocycles. The Labute approximate surface area is 106 Å². The minimum Gasteiger partial charge on any atom is -0.307 e. The number of aryl methyl sites for hydroxylation is 1. The van der Waals surface area contributed by atoms with Gasteiger partial charge in [0, 0.05) is 16.6 Å². The second-order valence-electron chi connectivity index (χ2n) is 5.08. The highest BCUT2D eigenvalue weighted by molar-refractivity contribution is 9.10. The largest absolute Gasteiger partial charge is 0.307 e. The Bertz CT molecular complexity index is 382. The molecule has 1 atom stereocenters. The lowest BCUT2D eigenvalue weighted by molar-refractivity contribution is 0.437. The Morgan fingerprint density at radius 3 is 2.75 bits per heavy atom. The van der Waals surface area contributed by atoms with Crippen LogP contribution in [0.2, 0.25) is 0 Å². The molecule has 2 heteroatoms. The molecule has 16 heavy (non-hydrogen) atoms. The summed E-state index contributed by atoms with van der Waals surface area (Å²) >= 11 is 3.58. The first kappa shape index (κ1) is 10.8. The first-order valence-corrected chi connectivity index (χ1v) is 7.16. The molecule has 1 aromatic rings. The molecule has 1 N–H and O–H groups in total. The molecule has 1 unspecified atom stereocenters. The van der Waals surface area contributed by atoms with Crippen molar-refractivity contribution in [3.8, 4) is 0 Å². The molecule has 86 valence electrons. The highest BCUT2D eigenvalue weighted by Gasteiger charge is 2.25. The zero-order valence-electron chi connectivity index (χ0n) is 9.51. The third-order valence-corrected chi connectivity index (χ3v) is 4.47. The van der Waals surface area contributed by atoms with Crippen molar-refractivity contribution in [3.05, 3.63) is 33.8 Å². The van der Waals surface area contributed by atoms with E-state index in [1.165, 1.54) is 48.6 Å². The van der Waals surface area contributed by atoms with Gasteiger partial charge in [-0.3, -0.25) is 0 Å². The van der Waals surface area contributed by atoms with Crippen LogP contribution in [0.25, 0.3) is 0 Å². The smallest absolute Gasteiger partial charge is 0.0328 e. The van der Waals surface area contributed by atoms with Crippen LogP contribution in [-0.2, 0) is 6.42 Å². The van der Waals surface area contributed by atoms with Gasteiger partial charge in [0.15, 0.2) is 0 Å². The number of hydrogen-bond acceptors (Lipinski definition) is 1. The lowest BCUT2D eigenvalue weighted by atomic mass is 10.1. The van der Waals surface area contributed by atoms with Gasteiger partial charge in [-0.05, 0) is 48.9 Å². The zero-order chi connectivity index (χ0) is 11.0. The van der Waals surface area contributed by atoms with Crippen LogP contribution in [0.4, 0.5) is 0 Å². The first-order chi connectivity index (χ1) is 7.83. The number of benzene rings is 1. The zero-order valence-corrected chi connectivity index (χ0v) is 11.1. The van der Waals surface area contributed by atoms with Crippen LogP contribution >= 0.6 is 15.9 Å². The number of rotatable bonds is 2. The van der Waals surface area contributed by atoms with E-state index in [-0.39, 0.29) is 0 Å². The van der Waals surface area contributed by atoms with Gasteiger partial charge in [0.2, 0.25) is 0 Å². The molecule has 2 aliphatic carbocycles. The highest BCUT2D eigenvalue weighted by atomic mass is 79.9. The number of hydrogen-bond donors (Lipinski definition) is 1. The van der Waals surface area contributed by atoms with Gasteiger partial charge in [-0.1, -0.05) is 34.8 Å². The topological polar surface area (TPSA) is 12.0 Å². The van der Waals surface area contributed by atoms with Crippen molar-refractivity contribution >= 4 is 15.9 Å². The maximum absolute atomic E-state index is 3.84. The van der Waals surface area contributed by atoms with Crippen molar-refractivity contribution in [2.45, 2.75) is 50.6 Å². The fraction of sp³-hybridized carbons (Fsp3) is 0.571. The van der Waals surface area contributed by atoms with Gasteiger partial charge in [0.1, 0.15) is 0 Å². The Balaban J connectivity index is 1.77. The van der Waals surface area contributed by atoms with Crippen molar-refractivity contribution < 1.29 is 0 Å². The van der Waals surface area contributed by atoms with Crippen molar-refractivity contribution in [2.75, 3.05) is 0 Å². The monoisotopic (exact) mass is 279 g/mol. The molecular weight excluding hydrogens is 262 g/mol. The third-order valence-electron chi connectivity index (χ3n) is 3.98. The summed E-state index contributed by atoms with van der Waals surface area (Å²) in [5.41, 5.74) is 3.07. The van der Waals surface area contributed by atoms with Crippen LogP contribution in [-0.4, -0.2) is 6.04 Å². The molecule has 2 aliphatic rings. The van der Waals surface area contributed by atoms with Gasteiger partial charge >= 0.3 is 0 Å². The molecule has 1 nitrogen and oxygen atoms in total. The summed E-state index contributed by atoms with van der Waals surface area (Å²) in [6.07, 6.45) is 8.10. The fourth-order valence-electron chi connectivity index (χ4n) is 3.12. The molecule has 0 bridgehead atoms. The van der Waals surface area contributed by atoms with Crippen LogP contribution in [0.15, 0.2) is 22.7 Å². The van der Waals surface area contributed by atoms with Crippen LogP contribution in [0.1, 0.15) is 49.3 Å². The quantitative estimate of drug-likeness (QED) is 0.864. The predicted molar refractivity (Wildman–Crippen MR) is 70.6 cm³/mol. The van der Waals surface area contributed by atoms with Gasteiger partial charge < -0.3 is 5.32 Å². The third kappa shape index (κ3) is 2.05. The van der Waals surface area contributed by atoms with E-state index in [4.69, 9.17) is 0 Å². The van der Waals surface area contributed by atoms with Crippen molar-refractivity contribution in [2.24, 2.45) is 0 Å². The summed E-state index contributed by atoms with van der Waals surface area (Å²) in [6, 6.07) is 8.12.